The van der Waals surface area contributed by atoms with Crippen LogP contribution in [-0.4, -0.2) is 51.7 Å². The fraction of sp³-hybridized carbons (Fsp3) is 0.333. The van der Waals surface area contributed by atoms with E-state index in [0.29, 0.717) is 26.2 Å². The maximum atomic E-state index is 12.2. The van der Waals surface area contributed by atoms with Gasteiger partial charge >= 0.3 is 0 Å². The molecule has 2 aromatic rings. The molecule has 1 saturated heterocycles. The molecule has 0 aliphatic carbocycles. The lowest BCUT2D eigenvalue weighted by atomic mass is 10.2. The Hall–Kier alpha value is -2.90. The average molecular weight is 315 g/mol. The Kier molecular flexibility index (Phi) is 4.22. The summed E-state index contributed by atoms with van der Waals surface area (Å²) in [5.74, 6) is 0.0528. The minimum Gasteiger partial charge on any atom is -0.368 e. The number of nitro benzene ring substituents is 1. The van der Waals surface area contributed by atoms with Crippen molar-refractivity contribution in [3.63, 3.8) is 0 Å². The third-order valence-corrected chi connectivity index (χ3v) is 3.91. The number of hydrogen-bond acceptors (Lipinski definition) is 5. The van der Waals surface area contributed by atoms with Gasteiger partial charge in [-0.15, -0.1) is 0 Å². The fourth-order valence-electron chi connectivity index (χ4n) is 2.63. The van der Waals surface area contributed by atoms with Gasteiger partial charge < -0.3 is 9.80 Å². The maximum absolute atomic E-state index is 12.2. The number of non-ortho nitro benzene ring substituents is 1. The van der Waals surface area contributed by atoms with Crippen LogP contribution in [0, 0.1) is 10.1 Å². The van der Waals surface area contributed by atoms with Gasteiger partial charge in [-0.3, -0.25) is 19.6 Å². The lowest BCUT2D eigenvalue weighted by molar-refractivity contribution is -0.384. The summed E-state index contributed by atoms with van der Waals surface area (Å²) < 4.78 is 1.62. The van der Waals surface area contributed by atoms with Gasteiger partial charge in [-0.05, 0) is 18.2 Å². The molecule has 0 saturated carbocycles. The number of benzene rings is 1. The monoisotopic (exact) mass is 315 g/mol. The van der Waals surface area contributed by atoms with Crippen LogP contribution < -0.4 is 4.90 Å². The first-order valence-corrected chi connectivity index (χ1v) is 7.38. The summed E-state index contributed by atoms with van der Waals surface area (Å²) in [6, 6.07) is 8.30. The van der Waals surface area contributed by atoms with Crippen LogP contribution in [0.5, 0.6) is 0 Å². The standard InChI is InChI=1S/C15H17N5O3/c21-15(12-19-7-1-6-16-19)18-10-8-17(9-11-18)13-2-4-14(5-3-13)20(22)23/h1-7H,8-12H2. The largest absolute Gasteiger partial charge is 0.368 e. The fourth-order valence-corrected chi connectivity index (χ4v) is 2.63. The molecule has 0 radical (unpaired) electrons. The summed E-state index contributed by atoms with van der Waals surface area (Å²) >= 11 is 0. The lowest BCUT2D eigenvalue weighted by Crippen LogP contribution is -2.49. The molecule has 0 atom stereocenters. The van der Waals surface area contributed by atoms with E-state index in [1.807, 2.05) is 4.90 Å². The first-order valence-electron chi connectivity index (χ1n) is 7.38. The van der Waals surface area contributed by atoms with Gasteiger partial charge in [-0.25, -0.2) is 0 Å². The number of nitro groups is 1. The minimum atomic E-state index is -0.407. The van der Waals surface area contributed by atoms with Gasteiger partial charge in [-0.1, -0.05) is 0 Å². The van der Waals surface area contributed by atoms with Crippen LogP contribution in [0.25, 0.3) is 0 Å². The summed E-state index contributed by atoms with van der Waals surface area (Å²) in [6.07, 6.45) is 3.42. The van der Waals surface area contributed by atoms with E-state index in [2.05, 4.69) is 10.00 Å². The van der Waals surface area contributed by atoms with E-state index in [-0.39, 0.29) is 18.1 Å². The molecule has 2 heterocycles. The Balaban J connectivity index is 1.55. The second-order valence-corrected chi connectivity index (χ2v) is 5.34. The number of amides is 1. The van der Waals surface area contributed by atoms with Crippen molar-refractivity contribution < 1.29 is 9.72 Å². The number of carbonyl (C=O) groups excluding carboxylic acids is 1. The smallest absolute Gasteiger partial charge is 0.269 e. The number of anilines is 1. The van der Waals surface area contributed by atoms with Crippen molar-refractivity contribution in [2.75, 3.05) is 31.1 Å². The van der Waals surface area contributed by atoms with Gasteiger partial charge in [0.1, 0.15) is 6.54 Å². The van der Waals surface area contributed by atoms with E-state index in [1.54, 1.807) is 35.3 Å². The molecule has 1 amide bonds. The Morgan fingerprint density at radius 1 is 1.17 bits per heavy atom. The molecular weight excluding hydrogens is 298 g/mol. The molecule has 0 bridgehead atoms. The summed E-state index contributed by atoms with van der Waals surface area (Å²) in [5.41, 5.74) is 1.02. The van der Waals surface area contributed by atoms with Crippen molar-refractivity contribution in [3.05, 3.63) is 52.8 Å². The molecule has 3 rings (SSSR count). The minimum absolute atomic E-state index is 0.0528. The molecule has 8 nitrogen and oxygen atoms in total. The van der Waals surface area contributed by atoms with Crippen molar-refractivity contribution in [1.29, 1.82) is 0 Å². The van der Waals surface area contributed by atoms with E-state index in [4.69, 9.17) is 0 Å². The highest BCUT2D eigenvalue weighted by molar-refractivity contribution is 5.76. The second kappa shape index (κ2) is 6.47. The SMILES string of the molecule is O=C(Cn1cccn1)N1CCN(c2ccc([N+](=O)[O-])cc2)CC1. The molecule has 0 unspecified atom stereocenters. The van der Waals surface area contributed by atoms with Crippen LogP contribution in [0.3, 0.4) is 0 Å². The number of hydrogen-bond donors (Lipinski definition) is 0. The number of nitrogens with zero attached hydrogens (tertiary/aromatic N) is 5. The number of aromatic nitrogens is 2. The van der Waals surface area contributed by atoms with Crippen LogP contribution in [0.15, 0.2) is 42.7 Å². The lowest BCUT2D eigenvalue weighted by Gasteiger charge is -2.36. The van der Waals surface area contributed by atoms with Crippen LogP contribution >= 0.6 is 0 Å². The normalized spacial score (nSPS) is 14.8. The Morgan fingerprint density at radius 3 is 2.43 bits per heavy atom. The average Bonchev–Trinajstić information content (AvgIpc) is 3.08. The Morgan fingerprint density at radius 2 is 1.87 bits per heavy atom. The first kappa shape index (κ1) is 15.0. The quantitative estimate of drug-likeness (QED) is 0.624. The third kappa shape index (κ3) is 3.47. The van der Waals surface area contributed by atoms with E-state index >= 15 is 0 Å². The van der Waals surface area contributed by atoms with Crippen LogP contribution in [-0.2, 0) is 11.3 Å². The van der Waals surface area contributed by atoms with Crippen molar-refractivity contribution in [1.82, 2.24) is 14.7 Å². The summed E-state index contributed by atoms with van der Waals surface area (Å²) in [5, 5.41) is 14.7. The van der Waals surface area contributed by atoms with Crippen molar-refractivity contribution in [3.8, 4) is 0 Å². The van der Waals surface area contributed by atoms with Crippen LogP contribution in [0.1, 0.15) is 0 Å². The molecule has 0 N–H and O–H groups in total. The Bertz CT molecular complexity index is 676. The second-order valence-electron chi connectivity index (χ2n) is 5.34. The van der Waals surface area contributed by atoms with E-state index in [1.165, 1.54) is 12.1 Å². The maximum Gasteiger partial charge on any atom is 0.269 e. The zero-order valence-corrected chi connectivity index (χ0v) is 12.5. The van der Waals surface area contributed by atoms with Gasteiger partial charge in [0, 0.05) is 56.4 Å². The van der Waals surface area contributed by atoms with E-state index < -0.39 is 4.92 Å². The van der Waals surface area contributed by atoms with Crippen molar-refractivity contribution >= 4 is 17.3 Å². The molecule has 120 valence electrons. The van der Waals surface area contributed by atoms with E-state index in [0.717, 1.165) is 5.69 Å². The molecule has 1 aromatic heterocycles. The third-order valence-electron chi connectivity index (χ3n) is 3.91. The molecule has 23 heavy (non-hydrogen) atoms. The highest BCUT2D eigenvalue weighted by Gasteiger charge is 2.21. The van der Waals surface area contributed by atoms with Crippen LogP contribution in [0.2, 0.25) is 0 Å². The summed E-state index contributed by atoms with van der Waals surface area (Å²) in [4.78, 5) is 26.4. The molecular formula is C15H17N5O3. The zero-order chi connectivity index (χ0) is 16.2. The van der Waals surface area contributed by atoms with Gasteiger partial charge in [0.15, 0.2) is 0 Å². The molecule has 0 spiro atoms. The van der Waals surface area contributed by atoms with Gasteiger partial charge in [0.25, 0.3) is 5.69 Å². The molecule has 1 aromatic carbocycles. The van der Waals surface area contributed by atoms with E-state index in [9.17, 15) is 14.9 Å². The predicted octanol–water partition coefficient (Wildman–Crippen LogP) is 1.14. The van der Waals surface area contributed by atoms with Gasteiger partial charge in [0.05, 0.1) is 4.92 Å². The van der Waals surface area contributed by atoms with Crippen molar-refractivity contribution in [2.45, 2.75) is 6.54 Å². The Labute approximate surface area is 133 Å². The number of carbonyl (C=O) groups is 1. The molecule has 1 aliphatic heterocycles. The molecule has 8 heteroatoms. The van der Waals surface area contributed by atoms with Crippen LogP contribution in [0.4, 0.5) is 11.4 Å². The number of piperazine rings is 1. The van der Waals surface area contributed by atoms with Gasteiger partial charge in [-0.2, -0.15) is 5.10 Å². The summed E-state index contributed by atoms with van der Waals surface area (Å²) in [7, 11) is 0. The topological polar surface area (TPSA) is 84.5 Å². The number of rotatable bonds is 4. The predicted molar refractivity (Wildman–Crippen MR) is 84.1 cm³/mol. The molecule has 1 fully saturated rings. The van der Waals surface area contributed by atoms with Gasteiger partial charge in [0.2, 0.25) is 5.91 Å². The highest BCUT2D eigenvalue weighted by Crippen LogP contribution is 2.20. The summed E-state index contributed by atoms with van der Waals surface area (Å²) in [6.45, 7) is 2.95. The molecule has 1 aliphatic rings. The zero-order valence-electron chi connectivity index (χ0n) is 12.5. The first-order chi connectivity index (χ1) is 11.1. The van der Waals surface area contributed by atoms with Crippen molar-refractivity contribution in [2.24, 2.45) is 0 Å². The highest BCUT2D eigenvalue weighted by atomic mass is 16.6.